The standard InChI is InChI=1S/C22H18ClNO5/c1-13-9-22(27)29-19-11-20(17(23)10-16(13)19)28-12-18(25)14-4-6-15(7-5-14)24-8-2-3-21(24)26/h4-7,9-11H,2-3,8,12H2,1H3. The fourth-order valence-electron chi connectivity index (χ4n) is 3.41. The number of aryl methyl sites for hydroxylation is 1. The highest BCUT2D eigenvalue weighted by Crippen LogP contribution is 2.31. The molecule has 0 unspecified atom stereocenters. The van der Waals surface area contributed by atoms with Crippen molar-refractivity contribution in [1.29, 1.82) is 0 Å². The lowest BCUT2D eigenvalue weighted by molar-refractivity contribution is -0.117. The minimum atomic E-state index is -0.462. The Kier molecular flexibility index (Phi) is 5.11. The molecule has 1 fully saturated rings. The van der Waals surface area contributed by atoms with Gasteiger partial charge < -0.3 is 14.1 Å². The topological polar surface area (TPSA) is 76.8 Å². The van der Waals surface area contributed by atoms with Gasteiger partial charge in [-0.05, 0) is 49.2 Å². The van der Waals surface area contributed by atoms with Crippen LogP contribution in [0.2, 0.25) is 5.02 Å². The fourth-order valence-corrected chi connectivity index (χ4v) is 3.62. The molecule has 0 aliphatic carbocycles. The summed E-state index contributed by atoms with van der Waals surface area (Å²) in [5.74, 6) is 0.131. The lowest BCUT2D eigenvalue weighted by Gasteiger charge is -2.15. The molecule has 0 N–H and O–H groups in total. The van der Waals surface area contributed by atoms with Crippen molar-refractivity contribution in [1.82, 2.24) is 0 Å². The molecule has 2 aromatic carbocycles. The third-order valence-electron chi connectivity index (χ3n) is 4.94. The Morgan fingerprint density at radius 2 is 1.93 bits per heavy atom. The second kappa shape index (κ2) is 7.72. The van der Waals surface area contributed by atoms with E-state index in [4.69, 9.17) is 20.8 Å². The number of benzene rings is 2. The molecule has 1 amide bonds. The van der Waals surface area contributed by atoms with Crippen molar-refractivity contribution >= 4 is 39.9 Å². The third kappa shape index (κ3) is 3.89. The molecule has 2 heterocycles. The first kappa shape index (κ1) is 19.2. The first-order chi connectivity index (χ1) is 13.9. The van der Waals surface area contributed by atoms with E-state index in [9.17, 15) is 14.4 Å². The highest BCUT2D eigenvalue weighted by atomic mass is 35.5. The molecule has 0 bridgehead atoms. The molecule has 148 valence electrons. The average molecular weight is 412 g/mol. The zero-order valence-corrected chi connectivity index (χ0v) is 16.5. The van der Waals surface area contributed by atoms with Gasteiger partial charge in [0.2, 0.25) is 5.91 Å². The van der Waals surface area contributed by atoms with E-state index in [0.717, 1.165) is 17.7 Å². The summed E-state index contributed by atoms with van der Waals surface area (Å²) >= 11 is 6.26. The maximum Gasteiger partial charge on any atom is 0.336 e. The second-order valence-electron chi connectivity index (χ2n) is 6.93. The molecule has 0 radical (unpaired) electrons. The van der Waals surface area contributed by atoms with E-state index in [2.05, 4.69) is 0 Å². The molecule has 1 aromatic heterocycles. The van der Waals surface area contributed by atoms with Gasteiger partial charge in [-0.1, -0.05) is 11.6 Å². The number of rotatable bonds is 5. The summed E-state index contributed by atoms with van der Waals surface area (Å²) in [6, 6.07) is 11.4. The number of Topliss-reactive ketones (excluding diaryl/α,β-unsaturated/α-hetero) is 1. The van der Waals surface area contributed by atoms with E-state index in [-0.39, 0.29) is 24.0 Å². The van der Waals surface area contributed by atoms with Crippen LogP contribution in [0.3, 0.4) is 0 Å². The SMILES string of the molecule is Cc1cc(=O)oc2cc(OCC(=O)c3ccc(N4CCCC4=O)cc3)c(Cl)cc12. The van der Waals surface area contributed by atoms with Crippen LogP contribution in [-0.4, -0.2) is 24.8 Å². The lowest BCUT2D eigenvalue weighted by Crippen LogP contribution is -2.23. The van der Waals surface area contributed by atoms with E-state index in [1.165, 1.54) is 12.1 Å². The predicted octanol–water partition coefficient (Wildman–Crippen LogP) is 4.14. The van der Waals surface area contributed by atoms with Crippen LogP contribution in [0.25, 0.3) is 11.0 Å². The molecule has 1 aliphatic heterocycles. The third-order valence-corrected chi connectivity index (χ3v) is 5.23. The van der Waals surface area contributed by atoms with Gasteiger partial charge in [-0.15, -0.1) is 0 Å². The number of ether oxygens (including phenoxy) is 1. The molecular weight excluding hydrogens is 394 g/mol. The molecule has 0 spiro atoms. The molecule has 29 heavy (non-hydrogen) atoms. The summed E-state index contributed by atoms with van der Waals surface area (Å²) in [6.45, 7) is 2.27. The minimum Gasteiger partial charge on any atom is -0.484 e. The highest BCUT2D eigenvalue weighted by Gasteiger charge is 2.21. The van der Waals surface area contributed by atoms with Crippen molar-refractivity contribution in [2.45, 2.75) is 19.8 Å². The minimum absolute atomic E-state index is 0.0974. The summed E-state index contributed by atoms with van der Waals surface area (Å²) in [4.78, 5) is 37.6. The summed E-state index contributed by atoms with van der Waals surface area (Å²) in [5, 5.41) is 1.03. The van der Waals surface area contributed by atoms with Crippen LogP contribution in [0.1, 0.15) is 28.8 Å². The molecule has 1 saturated heterocycles. The lowest BCUT2D eigenvalue weighted by atomic mass is 10.1. The maximum atomic E-state index is 12.5. The summed E-state index contributed by atoms with van der Waals surface area (Å²) in [6.07, 6.45) is 1.40. The van der Waals surface area contributed by atoms with Gasteiger partial charge in [0, 0.05) is 41.7 Å². The van der Waals surface area contributed by atoms with Gasteiger partial charge in [-0.25, -0.2) is 4.79 Å². The Hall–Kier alpha value is -3.12. The van der Waals surface area contributed by atoms with Crippen LogP contribution in [0, 0.1) is 6.92 Å². The summed E-state index contributed by atoms with van der Waals surface area (Å²) in [7, 11) is 0. The molecule has 0 atom stereocenters. The number of nitrogens with zero attached hydrogens (tertiary/aromatic N) is 1. The van der Waals surface area contributed by atoms with E-state index < -0.39 is 5.63 Å². The number of amides is 1. The number of carbonyl (C=O) groups excluding carboxylic acids is 2. The average Bonchev–Trinajstić information content (AvgIpc) is 3.13. The Morgan fingerprint density at radius 1 is 1.17 bits per heavy atom. The molecule has 4 rings (SSSR count). The van der Waals surface area contributed by atoms with Crippen molar-refractivity contribution in [3.05, 3.63) is 69.0 Å². The van der Waals surface area contributed by atoms with Crippen LogP contribution in [0.5, 0.6) is 5.75 Å². The molecular formula is C22H18ClNO5. The zero-order chi connectivity index (χ0) is 20.5. The Balaban J connectivity index is 1.48. The van der Waals surface area contributed by atoms with Crippen LogP contribution < -0.4 is 15.3 Å². The quantitative estimate of drug-likeness (QED) is 0.465. The van der Waals surface area contributed by atoms with Gasteiger partial charge in [0.05, 0.1) is 5.02 Å². The van der Waals surface area contributed by atoms with Gasteiger partial charge in [-0.3, -0.25) is 9.59 Å². The number of fused-ring (bicyclic) bond motifs is 1. The van der Waals surface area contributed by atoms with E-state index in [1.807, 2.05) is 0 Å². The first-order valence-electron chi connectivity index (χ1n) is 9.23. The predicted molar refractivity (Wildman–Crippen MR) is 110 cm³/mol. The van der Waals surface area contributed by atoms with Crippen molar-refractivity contribution < 1.29 is 18.7 Å². The van der Waals surface area contributed by atoms with Crippen molar-refractivity contribution in [2.75, 3.05) is 18.1 Å². The van der Waals surface area contributed by atoms with Crippen LogP contribution in [-0.2, 0) is 4.79 Å². The van der Waals surface area contributed by atoms with Crippen LogP contribution >= 0.6 is 11.6 Å². The van der Waals surface area contributed by atoms with Crippen LogP contribution in [0.15, 0.2) is 51.7 Å². The molecule has 1 aliphatic rings. The van der Waals surface area contributed by atoms with E-state index in [0.29, 0.717) is 34.5 Å². The van der Waals surface area contributed by atoms with Gasteiger partial charge in [0.1, 0.15) is 11.3 Å². The monoisotopic (exact) mass is 411 g/mol. The Bertz CT molecular complexity index is 1170. The smallest absolute Gasteiger partial charge is 0.336 e. The molecule has 6 nitrogen and oxygen atoms in total. The number of hydrogen-bond donors (Lipinski definition) is 0. The number of hydrogen-bond acceptors (Lipinski definition) is 5. The Morgan fingerprint density at radius 3 is 2.62 bits per heavy atom. The number of carbonyl (C=O) groups is 2. The first-order valence-corrected chi connectivity index (χ1v) is 9.60. The highest BCUT2D eigenvalue weighted by molar-refractivity contribution is 6.32. The van der Waals surface area contributed by atoms with Crippen LogP contribution in [0.4, 0.5) is 5.69 Å². The fraction of sp³-hybridized carbons (Fsp3) is 0.227. The van der Waals surface area contributed by atoms with E-state index >= 15 is 0 Å². The van der Waals surface area contributed by atoms with Gasteiger partial charge in [-0.2, -0.15) is 0 Å². The van der Waals surface area contributed by atoms with Gasteiger partial charge in [0.25, 0.3) is 0 Å². The number of halogens is 1. The van der Waals surface area contributed by atoms with Crippen molar-refractivity contribution in [3.8, 4) is 5.75 Å². The van der Waals surface area contributed by atoms with E-state index in [1.54, 1.807) is 42.2 Å². The molecule has 7 heteroatoms. The molecule has 0 saturated carbocycles. The normalized spacial score (nSPS) is 13.9. The Labute approximate surface area is 171 Å². The number of ketones is 1. The summed E-state index contributed by atoms with van der Waals surface area (Å²) in [5.41, 5.74) is 1.89. The largest absolute Gasteiger partial charge is 0.484 e. The van der Waals surface area contributed by atoms with Gasteiger partial charge in [0.15, 0.2) is 12.4 Å². The van der Waals surface area contributed by atoms with Crippen molar-refractivity contribution in [2.24, 2.45) is 0 Å². The van der Waals surface area contributed by atoms with Gasteiger partial charge >= 0.3 is 5.63 Å². The number of anilines is 1. The molecule has 3 aromatic rings. The second-order valence-corrected chi connectivity index (χ2v) is 7.34. The van der Waals surface area contributed by atoms with Crippen molar-refractivity contribution in [3.63, 3.8) is 0 Å². The maximum absolute atomic E-state index is 12.5. The zero-order valence-electron chi connectivity index (χ0n) is 15.7. The summed E-state index contributed by atoms with van der Waals surface area (Å²) < 4.78 is 10.8.